The van der Waals surface area contributed by atoms with Crippen molar-refractivity contribution in [2.75, 3.05) is 19.7 Å². The number of benzene rings is 1. The molecular formula is C15H21NO3. The lowest BCUT2D eigenvalue weighted by Crippen LogP contribution is -2.43. The van der Waals surface area contributed by atoms with Crippen molar-refractivity contribution in [3.05, 3.63) is 29.3 Å². The van der Waals surface area contributed by atoms with Gasteiger partial charge in [-0.05, 0) is 44.4 Å². The number of ether oxygens (including phenoxy) is 1. The molecule has 1 atom stereocenters. The van der Waals surface area contributed by atoms with E-state index in [1.165, 1.54) is 0 Å². The number of phenols is 1. The molecule has 1 N–H and O–H groups in total. The van der Waals surface area contributed by atoms with E-state index < -0.39 is 0 Å². The van der Waals surface area contributed by atoms with Crippen LogP contribution < -0.4 is 0 Å². The predicted octanol–water partition coefficient (Wildman–Crippen LogP) is 2.34. The minimum absolute atomic E-state index is 0.0281. The second-order valence-corrected chi connectivity index (χ2v) is 4.97. The normalized spacial score (nSPS) is 19.5. The van der Waals surface area contributed by atoms with Gasteiger partial charge < -0.3 is 14.7 Å². The minimum Gasteiger partial charge on any atom is -0.508 e. The van der Waals surface area contributed by atoms with Gasteiger partial charge in [-0.1, -0.05) is 6.07 Å². The van der Waals surface area contributed by atoms with Crippen LogP contribution >= 0.6 is 0 Å². The third-order valence-corrected chi connectivity index (χ3v) is 3.52. The molecule has 1 aliphatic rings. The Balaban J connectivity index is 2.08. The van der Waals surface area contributed by atoms with E-state index >= 15 is 0 Å². The molecule has 104 valence electrons. The van der Waals surface area contributed by atoms with Crippen molar-refractivity contribution >= 4 is 5.91 Å². The average Bonchev–Trinajstić information content (AvgIpc) is 2.42. The molecule has 0 bridgehead atoms. The Bertz CT molecular complexity index is 457. The van der Waals surface area contributed by atoms with Crippen LogP contribution in [0.15, 0.2) is 18.2 Å². The number of hydrogen-bond acceptors (Lipinski definition) is 3. The number of aryl methyl sites for hydroxylation is 1. The Hall–Kier alpha value is -1.55. The van der Waals surface area contributed by atoms with Crippen molar-refractivity contribution in [2.24, 2.45) is 0 Å². The quantitative estimate of drug-likeness (QED) is 0.910. The minimum atomic E-state index is -0.0281. The zero-order valence-corrected chi connectivity index (χ0v) is 11.6. The first-order chi connectivity index (χ1) is 9.11. The van der Waals surface area contributed by atoms with Gasteiger partial charge in [0.1, 0.15) is 5.75 Å². The molecule has 1 aliphatic heterocycles. The number of amides is 1. The lowest BCUT2D eigenvalue weighted by atomic mass is 10.1. The molecular weight excluding hydrogens is 242 g/mol. The highest BCUT2D eigenvalue weighted by molar-refractivity contribution is 5.94. The summed E-state index contributed by atoms with van der Waals surface area (Å²) in [5, 5.41) is 9.69. The summed E-state index contributed by atoms with van der Waals surface area (Å²) in [5.41, 5.74) is 1.32. The number of carbonyl (C=O) groups excluding carboxylic acids is 1. The molecule has 0 radical (unpaired) electrons. The SMILES string of the molecule is CCOC1CCCN(C(=O)c2ccc(C)c(O)c2)C1. The summed E-state index contributed by atoms with van der Waals surface area (Å²) in [7, 11) is 0. The van der Waals surface area contributed by atoms with Crippen molar-refractivity contribution in [2.45, 2.75) is 32.8 Å². The van der Waals surface area contributed by atoms with Gasteiger partial charge in [0.15, 0.2) is 0 Å². The van der Waals surface area contributed by atoms with Crippen LogP contribution in [0.4, 0.5) is 0 Å². The fourth-order valence-corrected chi connectivity index (χ4v) is 2.42. The highest BCUT2D eigenvalue weighted by Gasteiger charge is 2.24. The second kappa shape index (κ2) is 6.06. The van der Waals surface area contributed by atoms with Gasteiger partial charge >= 0.3 is 0 Å². The van der Waals surface area contributed by atoms with Crippen LogP contribution in [0.3, 0.4) is 0 Å². The number of aromatic hydroxyl groups is 1. The Morgan fingerprint density at radius 1 is 1.53 bits per heavy atom. The third kappa shape index (κ3) is 3.26. The highest BCUT2D eigenvalue weighted by atomic mass is 16.5. The van der Waals surface area contributed by atoms with Crippen LogP contribution in [0.1, 0.15) is 35.7 Å². The van der Waals surface area contributed by atoms with Gasteiger partial charge in [-0.2, -0.15) is 0 Å². The first-order valence-electron chi connectivity index (χ1n) is 6.82. The molecule has 1 aromatic rings. The largest absolute Gasteiger partial charge is 0.508 e. The van der Waals surface area contributed by atoms with Gasteiger partial charge in [0.2, 0.25) is 0 Å². The number of hydrogen-bond donors (Lipinski definition) is 1. The molecule has 1 unspecified atom stereocenters. The van der Waals surface area contributed by atoms with E-state index in [2.05, 4.69) is 0 Å². The van der Waals surface area contributed by atoms with Crippen LogP contribution in [0.25, 0.3) is 0 Å². The number of piperidine rings is 1. The average molecular weight is 263 g/mol. The van der Waals surface area contributed by atoms with E-state index in [1.807, 2.05) is 18.7 Å². The highest BCUT2D eigenvalue weighted by Crippen LogP contribution is 2.21. The molecule has 1 aromatic carbocycles. The molecule has 2 rings (SSSR count). The zero-order chi connectivity index (χ0) is 13.8. The summed E-state index contributed by atoms with van der Waals surface area (Å²) in [4.78, 5) is 14.2. The molecule has 0 spiro atoms. The molecule has 19 heavy (non-hydrogen) atoms. The van der Waals surface area contributed by atoms with E-state index in [9.17, 15) is 9.90 Å². The summed E-state index contributed by atoms with van der Waals surface area (Å²) >= 11 is 0. The summed E-state index contributed by atoms with van der Waals surface area (Å²) in [6.45, 7) is 5.87. The monoisotopic (exact) mass is 263 g/mol. The molecule has 1 saturated heterocycles. The molecule has 1 heterocycles. The fraction of sp³-hybridized carbons (Fsp3) is 0.533. The smallest absolute Gasteiger partial charge is 0.254 e. The summed E-state index contributed by atoms with van der Waals surface area (Å²) < 4.78 is 5.60. The molecule has 1 fully saturated rings. The number of phenolic OH excluding ortho intramolecular Hbond substituents is 1. The lowest BCUT2D eigenvalue weighted by Gasteiger charge is -2.32. The van der Waals surface area contributed by atoms with Gasteiger partial charge in [-0.25, -0.2) is 0 Å². The first kappa shape index (κ1) is 13.9. The number of likely N-dealkylation sites (tertiary alicyclic amines) is 1. The van der Waals surface area contributed by atoms with E-state index in [1.54, 1.807) is 18.2 Å². The molecule has 4 heteroatoms. The summed E-state index contributed by atoms with van der Waals surface area (Å²) in [5.74, 6) is 0.143. The summed E-state index contributed by atoms with van der Waals surface area (Å²) in [6.07, 6.45) is 2.12. The van der Waals surface area contributed by atoms with Crippen molar-refractivity contribution in [1.82, 2.24) is 4.90 Å². The Kier molecular flexibility index (Phi) is 4.43. The van der Waals surface area contributed by atoms with Crippen molar-refractivity contribution in [3.8, 4) is 5.75 Å². The van der Waals surface area contributed by atoms with Crippen LogP contribution in [-0.4, -0.2) is 41.7 Å². The Morgan fingerprint density at radius 2 is 2.32 bits per heavy atom. The number of rotatable bonds is 3. The van der Waals surface area contributed by atoms with E-state index in [-0.39, 0.29) is 17.8 Å². The zero-order valence-electron chi connectivity index (χ0n) is 11.6. The predicted molar refractivity (Wildman–Crippen MR) is 73.4 cm³/mol. The van der Waals surface area contributed by atoms with Gasteiger partial charge in [0.05, 0.1) is 6.10 Å². The maximum atomic E-state index is 12.4. The Labute approximate surface area is 114 Å². The first-order valence-corrected chi connectivity index (χ1v) is 6.82. The number of nitrogens with zero attached hydrogens (tertiary/aromatic N) is 1. The van der Waals surface area contributed by atoms with Crippen LogP contribution in [0, 0.1) is 6.92 Å². The third-order valence-electron chi connectivity index (χ3n) is 3.52. The van der Waals surface area contributed by atoms with E-state index in [0.717, 1.165) is 24.9 Å². The van der Waals surface area contributed by atoms with Gasteiger partial charge in [-0.15, -0.1) is 0 Å². The van der Waals surface area contributed by atoms with Crippen LogP contribution in [0.5, 0.6) is 5.75 Å². The van der Waals surface area contributed by atoms with Gasteiger partial charge in [0.25, 0.3) is 5.91 Å². The standard InChI is InChI=1S/C15H21NO3/c1-3-19-13-5-4-8-16(10-13)15(18)12-7-6-11(2)14(17)9-12/h6-7,9,13,17H,3-5,8,10H2,1-2H3. The van der Waals surface area contributed by atoms with Gasteiger partial charge in [-0.3, -0.25) is 4.79 Å². The maximum Gasteiger partial charge on any atom is 0.254 e. The summed E-state index contributed by atoms with van der Waals surface area (Å²) in [6, 6.07) is 5.08. The molecule has 0 saturated carbocycles. The number of carbonyl (C=O) groups is 1. The van der Waals surface area contributed by atoms with Crippen molar-refractivity contribution < 1.29 is 14.6 Å². The van der Waals surface area contributed by atoms with E-state index in [4.69, 9.17) is 4.74 Å². The van der Waals surface area contributed by atoms with Crippen LogP contribution in [0.2, 0.25) is 0 Å². The molecule has 1 amide bonds. The van der Waals surface area contributed by atoms with Crippen LogP contribution in [-0.2, 0) is 4.74 Å². The molecule has 0 aromatic heterocycles. The van der Waals surface area contributed by atoms with Crippen molar-refractivity contribution in [1.29, 1.82) is 0 Å². The lowest BCUT2D eigenvalue weighted by molar-refractivity contribution is 0.00723. The molecule has 0 aliphatic carbocycles. The van der Waals surface area contributed by atoms with Gasteiger partial charge in [0, 0.05) is 25.3 Å². The Morgan fingerprint density at radius 3 is 3.00 bits per heavy atom. The second-order valence-electron chi connectivity index (χ2n) is 4.97. The topological polar surface area (TPSA) is 49.8 Å². The maximum absolute atomic E-state index is 12.4. The van der Waals surface area contributed by atoms with E-state index in [0.29, 0.717) is 18.7 Å². The fourth-order valence-electron chi connectivity index (χ4n) is 2.42. The van der Waals surface area contributed by atoms with Crippen molar-refractivity contribution in [3.63, 3.8) is 0 Å². The molecule has 4 nitrogen and oxygen atoms in total.